The van der Waals surface area contributed by atoms with Crippen molar-refractivity contribution in [2.45, 2.75) is 19.0 Å². The van der Waals surface area contributed by atoms with Gasteiger partial charge in [-0.3, -0.25) is 4.79 Å². The zero-order valence-electron chi connectivity index (χ0n) is 11.5. The third-order valence-electron chi connectivity index (χ3n) is 3.61. The smallest absolute Gasteiger partial charge is 0.243 e. The fraction of sp³-hybridized carbons (Fsp3) is 0.176. The maximum absolute atomic E-state index is 12.2. The molecule has 1 unspecified atom stereocenters. The van der Waals surface area contributed by atoms with Crippen LogP contribution in [0.4, 0.5) is 5.69 Å². The number of fused-ring (bicyclic) bond motifs is 1. The fourth-order valence-corrected chi connectivity index (χ4v) is 2.52. The van der Waals surface area contributed by atoms with Crippen molar-refractivity contribution in [1.29, 1.82) is 5.26 Å². The zero-order valence-corrected chi connectivity index (χ0v) is 11.5. The normalized spacial score (nSPS) is 15.7. The van der Waals surface area contributed by atoms with E-state index in [2.05, 4.69) is 16.7 Å². The maximum atomic E-state index is 12.2. The average molecular weight is 277 g/mol. The molecule has 2 aromatic carbocycles. The van der Waals surface area contributed by atoms with Gasteiger partial charge in [-0.25, -0.2) is 0 Å². The number of amides is 1. The molecule has 0 saturated heterocycles. The number of hydrogen-bond acceptors (Lipinski definition) is 3. The van der Waals surface area contributed by atoms with E-state index < -0.39 is 0 Å². The lowest BCUT2D eigenvalue weighted by Crippen LogP contribution is -2.38. The molecule has 2 N–H and O–H groups in total. The summed E-state index contributed by atoms with van der Waals surface area (Å²) in [6, 6.07) is 17.1. The van der Waals surface area contributed by atoms with Gasteiger partial charge in [0.15, 0.2) is 0 Å². The molecule has 0 radical (unpaired) electrons. The van der Waals surface area contributed by atoms with Crippen LogP contribution in [0.5, 0.6) is 0 Å². The minimum Gasteiger partial charge on any atom is -0.373 e. The fourth-order valence-electron chi connectivity index (χ4n) is 2.52. The van der Waals surface area contributed by atoms with E-state index in [1.54, 1.807) is 12.1 Å². The van der Waals surface area contributed by atoms with Crippen molar-refractivity contribution in [3.8, 4) is 6.07 Å². The molecule has 1 atom stereocenters. The second kappa shape index (κ2) is 5.68. The third-order valence-corrected chi connectivity index (χ3v) is 3.61. The first-order valence-corrected chi connectivity index (χ1v) is 6.87. The Morgan fingerprint density at radius 2 is 2.14 bits per heavy atom. The number of anilines is 1. The Kier molecular flexibility index (Phi) is 3.57. The standard InChI is InChI=1S/C17H15N3O/c18-10-12-4-3-5-13(8-12)11-19-17(21)16-9-14-6-1-2-7-15(14)20-16/h1-8,16,20H,9,11H2,(H,19,21). The van der Waals surface area contributed by atoms with Gasteiger partial charge in [-0.05, 0) is 29.3 Å². The van der Waals surface area contributed by atoms with E-state index >= 15 is 0 Å². The summed E-state index contributed by atoms with van der Waals surface area (Å²) in [7, 11) is 0. The topological polar surface area (TPSA) is 64.9 Å². The van der Waals surface area contributed by atoms with Gasteiger partial charge in [0.25, 0.3) is 0 Å². The Morgan fingerprint density at radius 1 is 1.29 bits per heavy atom. The molecule has 0 saturated carbocycles. The predicted octanol–water partition coefficient (Wildman–Crippen LogP) is 2.21. The molecule has 4 nitrogen and oxygen atoms in total. The number of carbonyl (C=O) groups excluding carboxylic acids is 1. The van der Waals surface area contributed by atoms with E-state index in [0.717, 1.165) is 11.3 Å². The monoisotopic (exact) mass is 277 g/mol. The van der Waals surface area contributed by atoms with Crippen LogP contribution >= 0.6 is 0 Å². The Bertz CT molecular complexity index is 693. The number of hydrogen-bond donors (Lipinski definition) is 2. The van der Waals surface area contributed by atoms with Crippen LogP contribution in [-0.2, 0) is 17.8 Å². The summed E-state index contributed by atoms with van der Waals surface area (Å²) in [5, 5.41) is 15.0. The van der Waals surface area contributed by atoms with E-state index in [0.29, 0.717) is 18.5 Å². The second-order valence-electron chi connectivity index (χ2n) is 5.09. The first-order valence-electron chi connectivity index (χ1n) is 6.87. The summed E-state index contributed by atoms with van der Waals surface area (Å²) in [4.78, 5) is 12.2. The summed E-state index contributed by atoms with van der Waals surface area (Å²) >= 11 is 0. The van der Waals surface area contributed by atoms with Crippen LogP contribution in [0.15, 0.2) is 48.5 Å². The first kappa shape index (κ1) is 13.2. The Labute approximate surface area is 123 Å². The first-order chi connectivity index (χ1) is 10.3. The van der Waals surface area contributed by atoms with Gasteiger partial charge in [0.2, 0.25) is 5.91 Å². The molecule has 2 aromatic rings. The minimum atomic E-state index is -0.221. The van der Waals surface area contributed by atoms with Gasteiger partial charge in [-0.2, -0.15) is 5.26 Å². The number of nitriles is 1. The largest absolute Gasteiger partial charge is 0.373 e. The summed E-state index contributed by atoms with van der Waals surface area (Å²) in [6.07, 6.45) is 0.709. The van der Waals surface area contributed by atoms with Crippen molar-refractivity contribution in [2.75, 3.05) is 5.32 Å². The third kappa shape index (κ3) is 2.87. The molecule has 21 heavy (non-hydrogen) atoms. The van der Waals surface area contributed by atoms with Crippen LogP contribution in [0, 0.1) is 11.3 Å². The van der Waals surface area contributed by atoms with E-state index in [1.807, 2.05) is 36.4 Å². The van der Waals surface area contributed by atoms with Gasteiger partial charge in [-0.15, -0.1) is 0 Å². The van der Waals surface area contributed by atoms with Crippen molar-refractivity contribution in [1.82, 2.24) is 5.32 Å². The SMILES string of the molecule is N#Cc1cccc(CNC(=O)C2Cc3ccccc3N2)c1. The van der Waals surface area contributed by atoms with Gasteiger partial charge in [0.05, 0.1) is 11.6 Å². The Balaban J connectivity index is 1.60. The van der Waals surface area contributed by atoms with Crippen LogP contribution < -0.4 is 10.6 Å². The summed E-state index contributed by atoms with van der Waals surface area (Å²) in [5.41, 5.74) is 3.74. The van der Waals surface area contributed by atoms with Crippen LogP contribution in [0.2, 0.25) is 0 Å². The summed E-state index contributed by atoms with van der Waals surface area (Å²) < 4.78 is 0. The van der Waals surface area contributed by atoms with Crippen molar-refractivity contribution in [3.63, 3.8) is 0 Å². The quantitative estimate of drug-likeness (QED) is 0.904. The molecule has 0 fully saturated rings. The molecule has 1 aliphatic rings. The van der Waals surface area contributed by atoms with E-state index in [4.69, 9.17) is 5.26 Å². The highest BCUT2D eigenvalue weighted by Crippen LogP contribution is 2.25. The van der Waals surface area contributed by atoms with Crippen molar-refractivity contribution < 1.29 is 4.79 Å². The van der Waals surface area contributed by atoms with Crippen molar-refractivity contribution in [3.05, 3.63) is 65.2 Å². The lowest BCUT2D eigenvalue weighted by atomic mass is 10.1. The number of rotatable bonds is 3. The van der Waals surface area contributed by atoms with Crippen LogP contribution in [0.3, 0.4) is 0 Å². The molecule has 1 heterocycles. The van der Waals surface area contributed by atoms with E-state index in [-0.39, 0.29) is 11.9 Å². The van der Waals surface area contributed by atoms with E-state index in [1.165, 1.54) is 5.56 Å². The number of nitrogens with one attached hydrogen (secondary N) is 2. The molecule has 4 heteroatoms. The molecular formula is C17H15N3O. The number of para-hydroxylation sites is 1. The second-order valence-corrected chi connectivity index (χ2v) is 5.09. The van der Waals surface area contributed by atoms with Crippen LogP contribution in [-0.4, -0.2) is 11.9 Å². The van der Waals surface area contributed by atoms with Gasteiger partial charge in [0, 0.05) is 18.7 Å². The van der Waals surface area contributed by atoms with Gasteiger partial charge in [0.1, 0.15) is 6.04 Å². The zero-order chi connectivity index (χ0) is 14.7. The Morgan fingerprint density at radius 3 is 2.95 bits per heavy atom. The molecular weight excluding hydrogens is 262 g/mol. The number of nitrogens with zero attached hydrogens (tertiary/aromatic N) is 1. The number of carbonyl (C=O) groups is 1. The Hall–Kier alpha value is -2.80. The van der Waals surface area contributed by atoms with Gasteiger partial charge >= 0.3 is 0 Å². The summed E-state index contributed by atoms with van der Waals surface area (Å²) in [6.45, 7) is 0.433. The van der Waals surface area contributed by atoms with Crippen LogP contribution in [0.25, 0.3) is 0 Å². The number of benzene rings is 2. The van der Waals surface area contributed by atoms with Gasteiger partial charge in [-0.1, -0.05) is 30.3 Å². The molecule has 1 aliphatic heterocycles. The highest BCUT2D eigenvalue weighted by molar-refractivity contribution is 5.87. The molecule has 104 valence electrons. The lowest BCUT2D eigenvalue weighted by molar-refractivity contribution is -0.121. The minimum absolute atomic E-state index is 0.0199. The van der Waals surface area contributed by atoms with Crippen molar-refractivity contribution >= 4 is 11.6 Å². The predicted molar refractivity (Wildman–Crippen MR) is 80.6 cm³/mol. The van der Waals surface area contributed by atoms with Gasteiger partial charge < -0.3 is 10.6 Å². The molecule has 1 amide bonds. The lowest BCUT2D eigenvalue weighted by Gasteiger charge is -2.12. The molecule has 0 bridgehead atoms. The molecule has 0 spiro atoms. The summed E-state index contributed by atoms with van der Waals surface area (Å²) in [5.74, 6) is -0.0199. The molecule has 0 aromatic heterocycles. The highest BCUT2D eigenvalue weighted by atomic mass is 16.2. The average Bonchev–Trinajstić information content (AvgIpc) is 2.97. The molecule has 0 aliphatic carbocycles. The van der Waals surface area contributed by atoms with Crippen LogP contribution in [0.1, 0.15) is 16.7 Å². The molecule has 3 rings (SSSR count). The van der Waals surface area contributed by atoms with E-state index in [9.17, 15) is 4.79 Å². The van der Waals surface area contributed by atoms with Crippen molar-refractivity contribution in [2.24, 2.45) is 0 Å². The maximum Gasteiger partial charge on any atom is 0.243 e. The highest BCUT2D eigenvalue weighted by Gasteiger charge is 2.25.